The van der Waals surface area contributed by atoms with Gasteiger partial charge in [0.05, 0.1) is 12.8 Å². The molecule has 1 aromatic carbocycles. The maximum Gasteiger partial charge on any atom is 0.191 e. The average molecular weight is 479 g/mol. The number of hydrogen-bond donors (Lipinski definition) is 2. The van der Waals surface area contributed by atoms with E-state index < -0.39 is 0 Å². The molecule has 0 bridgehead atoms. The largest absolute Gasteiger partial charge is 0.495 e. The first-order valence-corrected chi connectivity index (χ1v) is 9.14. The van der Waals surface area contributed by atoms with Gasteiger partial charge in [0.15, 0.2) is 5.96 Å². The van der Waals surface area contributed by atoms with Crippen LogP contribution in [0.15, 0.2) is 23.2 Å². The molecule has 0 spiro atoms. The van der Waals surface area contributed by atoms with Crippen LogP contribution < -0.4 is 20.3 Å². The number of rotatable bonds is 5. The predicted molar refractivity (Wildman–Crippen MR) is 116 cm³/mol. The zero-order chi connectivity index (χ0) is 17.1. The van der Waals surface area contributed by atoms with Gasteiger partial charge in [0.25, 0.3) is 0 Å². The van der Waals surface area contributed by atoms with Gasteiger partial charge in [-0.1, -0.05) is 18.5 Å². The third-order valence-corrected chi connectivity index (χ3v) is 4.99. The van der Waals surface area contributed by atoms with Gasteiger partial charge in [0, 0.05) is 36.7 Å². The van der Waals surface area contributed by atoms with Gasteiger partial charge in [-0.25, -0.2) is 0 Å². The smallest absolute Gasteiger partial charge is 0.191 e. The van der Waals surface area contributed by atoms with Crippen LogP contribution in [0.3, 0.4) is 0 Å². The number of nitrogens with zero attached hydrogens (tertiary/aromatic N) is 2. The zero-order valence-electron chi connectivity index (χ0n) is 15.1. The lowest BCUT2D eigenvalue weighted by molar-refractivity contribution is 0.415. The quantitative estimate of drug-likeness (QED) is 0.386. The Kier molecular flexibility index (Phi) is 7.49. The highest BCUT2D eigenvalue weighted by Gasteiger charge is 2.34. The van der Waals surface area contributed by atoms with Crippen molar-refractivity contribution in [2.24, 2.45) is 10.9 Å². The van der Waals surface area contributed by atoms with Crippen molar-refractivity contribution in [3.05, 3.63) is 23.2 Å². The molecule has 1 saturated heterocycles. The Morgan fingerprint density at radius 3 is 2.80 bits per heavy atom. The summed E-state index contributed by atoms with van der Waals surface area (Å²) >= 11 is 6.17. The van der Waals surface area contributed by atoms with Crippen LogP contribution >= 0.6 is 35.6 Å². The van der Waals surface area contributed by atoms with Crippen molar-refractivity contribution in [1.82, 2.24) is 10.6 Å². The molecule has 1 aliphatic carbocycles. The van der Waals surface area contributed by atoms with Crippen LogP contribution in [0.2, 0.25) is 5.02 Å². The SMILES string of the molecule is CCN=C(NC1CCN(c2cc(Cl)ccc2OC)C1)NC1CC1C.I. The maximum atomic E-state index is 6.17. The first-order chi connectivity index (χ1) is 11.6. The second-order valence-electron chi connectivity index (χ2n) is 6.68. The number of benzene rings is 1. The van der Waals surface area contributed by atoms with Crippen LogP contribution in [0.4, 0.5) is 5.69 Å². The normalized spacial score (nSPS) is 25.4. The summed E-state index contributed by atoms with van der Waals surface area (Å²) in [4.78, 5) is 6.90. The summed E-state index contributed by atoms with van der Waals surface area (Å²) < 4.78 is 5.48. The summed E-state index contributed by atoms with van der Waals surface area (Å²) in [6, 6.07) is 6.73. The molecule has 3 atom stereocenters. The molecule has 2 N–H and O–H groups in total. The molecule has 140 valence electrons. The Hall–Kier alpha value is -0.890. The zero-order valence-corrected chi connectivity index (χ0v) is 18.2. The highest BCUT2D eigenvalue weighted by molar-refractivity contribution is 14.0. The third-order valence-electron chi connectivity index (χ3n) is 4.76. The molecule has 1 aliphatic heterocycles. The van der Waals surface area contributed by atoms with Crippen molar-refractivity contribution in [2.75, 3.05) is 31.6 Å². The fourth-order valence-electron chi connectivity index (χ4n) is 3.19. The van der Waals surface area contributed by atoms with Gasteiger partial charge in [0.2, 0.25) is 0 Å². The first kappa shape index (κ1) is 20.4. The molecule has 1 aromatic rings. The number of nitrogens with one attached hydrogen (secondary N) is 2. The van der Waals surface area contributed by atoms with Crippen molar-refractivity contribution >= 4 is 47.2 Å². The number of halogens is 2. The Balaban J connectivity index is 0.00000225. The summed E-state index contributed by atoms with van der Waals surface area (Å²) in [5.41, 5.74) is 1.06. The van der Waals surface area contributed by atoms with Gasteiger partial charge in [-0.3, -0.25) is 4.99 Å². The van der Waals surface area contributed by atoms with Gasteiger partial charge in [-0.2, -0.15) is 0 Å². The monoisotopic (exact) mass is 478 g/mol. The van der Waals surface area contributed by atoms with E-state index in [9.17, 15) is 0 Å². The van der Waals surface area contributed by atoms with E-state index in [-0.39, 0.29) is 24.0 Å². The van der Waals surface area contributed by atoms with E-state index >= 15 is 0 Å². The van der Waals surface area contributed by atoms with E-state index in [4.69, 9.17) is 16.3 Å². The van der Waals surface area contributed by atoms with Crippen LogP contribution in [0, 0.1) is 5.92 Å². The van der Waals surface area contributed by atoms with Crippen molar-refractivity contribution in [3.63, 3.8) is 0 Å². The van der Waals surface area contributed by atoms with Gasteiger partial charge < -0.3 is 20.3 Å². The number of ether oxygens (including phenoxy) is 1. The van der Waals surface area contributed by atoms with Crippen molar-refractivity contribution in [1.29, 1.82) is 0 Å². The molecular formula is C18H28ClIN4O. The van der Waals surface area contributed by atoms with E-state index in [0.717, 1.165) is 54.4 Å². The van der Waals surface area contributed by atoms with Gasteiger partial charge in [-0.05, 0) is 43.9 Å². The standard InChI is InChI=1S/C18H27ClN4O.HI/c1-4-20-18(22-15-9-12(15)2)21-14-7-8-23(11-14)16-10-13(19)5-6-17(16)24-3;/h5-6,10,12,14-15H,4,7-9,11H2,1-3H3,(H2,20,21,22);1H. The minimum atomic E-state index is 0. The second-order valence-corrected chi connectivity index (χ2v) is 7.12. The van der Waals surface area contributed by atoms with Gasteiger partial charge >= 0.3 is 0 Å². The highest BCUT2D eigenvalue weighted by atomic mass is 127. The second kappa shape index (κ2) is 9.16. The van der Waals surface area contributed by atoms with E-state index in [1.165, 1.54) is 6.42 Å². The van der Waals surface area contributed by atoms with Crippen LogP contribution in [0.1, 0.15) is 26.7 Å². The lowest BCUT2D eigenvalue weighted by atomic mass is 10.2. The fraction of sp³-hybridized carbons (Fsp3) is 0.611. The molecule has 5 nitrogen and oxygen atoms in total. The summed E-state index contributed by atoms with van der Waals surface area (Å²) in [5.74, 6) is 2.56. The summed E-state index contributed by atoms with van der Waals surface area (Å²) in [6.07, 6.45) is 2.31. The van der Waals surface area contributed by atoms with Crippen LogP contribution in [0.25, 0.3) is 0 Å². The molecule has 0 aromatic heterocycles. The van der Waals surface area contributed by atoms with Crippen LogP contribution in [-0.2, 0) is 0 Å². The van der Waals surface area contributed by atoms with E-state index in [1.807, 2.05) is 18.2 Å². The molecule has 3 rings (SSSR count). The molecule has 2 fully saturated rings. The fourth-order valence-corrected chi connectivity index (χ4v) is 3.36. The predicted octanol–water partition coefficient (Wildman–Crippen LogP) is 3.51. The molecule has 7 heteroatoms. The molecule has 1 saturated carbocycles. The molecule has 2 aliphatic rings. The van der Waals surface area contributed by atoms with Gasteiger partial charge in [0.1, 0.15) is 5.75 Å². The molecule has 3 unspecified atom stereocenters. The highest BCUT2D eigenvalue weighted by Crippen LogP contribution is 2.33. The molecule has 25 heavy (non-hydrogen) atoms. The molecular weight excluding hydrogens is 451 g/mol. The molecule has 0 amide bonds. The summed E-state index contributed by atoms with van der Waals surface area (Å²) in [5, 5.41) is 7.85. The van der Waals surface area contributed by atoms with Crippen LogP contribution in [-0.4, -0.2) is 44.8 Å². The average Bonchev–Trinajstić information content (AvgIpc) is 3.06. The Morgan fingerprint density at radius 2 is 2.16 bits per heavy atom. The van der Waals surface area contributed by atoms with E-state index in [0.29, 0.717) is 12.1 Å². The molecule has 1 heterocycles. The summed E-state index contributed by atoms with van der Waals surface area (Å²) in [6.45, 7) is 7.02. The third kappa shape index (κ3) is 5.29. The van der Waals surface area contributed by atoms with E-state index in [2.05, 4.69) is 34.4 Å². The van der Waals surface area contributed by atoms with Crippen molar-refractivity contribution in [2.45, 2.75) is 38.8 Å². The maximum absolute atomic E-state index is 6.17. The topological polar surface area (TPSA) is 48.9 Å². The minimum absolute atomic E-state index is 0. The lowest BCUT2D eigenvalue weighted by Crippen LogP contribution is -2.45. The van der Waals surface area contributed by atoms with Gasteiger partial charge in [-0.15, -0.1) is 24.0 Å². The number of anilines is 1. The number of aliphatic imine (C=N–C) groups is 1. The Bertz CT molecular complexity index is 613. The first-order valence-electron chi connectivity index (χ1n) is 8.76. The lowest BCUT2D eigenvalue weighted by Gasteiger charge is -2.22. The number of hydrogen-bond acceptors (Lipinski definition) is 3. The minimum Gasteiger partial charge on any atom is -0.495 e. The van der Waals surface area contributed by atoms with Crippen molar-refractivity contribution < 1.29 is 4.74 Å². The Labute approximate surface area is 172 Å². The Morgan fingerprint density at radius 1 is 1.40 bits per heavy atom. The number of guanidine groups is 1. The van der Waals surface area contributed by atoms with Crippen molar-refractivity contribution in [3.8, 4) is 5.75 Å². The van der Waals surface area contributed by atoms with E-state index in [1.54, 1.807) is 7.11 Å². The van der Waals surface area contributed by atoms with Crippen LogP contribution in [0.5, 0.6) is 5.75 Å². The number of methoxy groups -OCH3 is 1. The summed E-state index contributed by atoms with van der Waals surface area (Å²) in [7, 11) is 1.70. The molecule has 0 radical (unpaired) electrons.